The van der Waals surface area contributed by atoms with Gasteiger partial charge < -0.3 is 0 Å². The third kappa shape index (κ3) is 35.2. The van der Waals surface area contributed by atoms with Crippen LogP contribution in [0.15, 0.2) is 0 Å². The zero-order valence-electron chi connectivity index (χ0n) is 2.08. The van der Waals surface area contributed by atoms with Crippen molar-refractivity contribution in [2.75, 3.05) is 0 Å². The van der Waals surface area contributed by atoms with Crippen molar-refractivity contribution in [3.63, 3.8) is 0 Å². The molecule has 0 fully saturated rings. The van der Waals surface area contributed by atoms with Gasteiger partial charge in [0.2, 0.25) is 0 Å². The number of hydrogen-bond donors (Lipinski definition) is 0. The maximum absolute atomic E-state index is 7.96. The fourth-order valence-corrected chi connectivity index (χ4v) is 0. The Kier molecular flexibility index (Phi) is 2.27. The van der Waals surface area contributed by atoms with Gasteiger partial charge >= 0.3 is 44.7 Å². The molecule has 0 aromatic rings. The fourth-order valence-electron chi connectivity index (χ4n) is 0. The average Bonchev–Trinajstić information content (AvgIpc) is 0.722. The topological polar surface area (TPSA) is 22.3 Å². The van der Waals surface area contributed by atoms with Gasteiger partial charge in [0.15, 0.2) is 0 Å². The molecule has 0 N–H and O–H groups in total. The predicted molar refractivity (Wildman–Crippen MR) is 28.0 cm³/mol. The number of hydrogen-bond acceptors (Lipinski definition) is 0. The van der Waals surface area contributed by atoms with Gasteiger partial charge in [0.05, 0.1) is 0 Å². The van der Waals surface area contributed by atoms with Crippen LogP contribution in [0.3, 0.4) is 0 Å². The summed E-state index contributed by atoms with van der Waals surface area (Å²) in [6.45, 7) is 0. The van der Waals surface area contributed by atoms with Crippen molar-refractivity contribution in [1.82, 2.24) is 5.50 Å². The van der Waals surface area contributed by atoms with Crippen molar-refractivity contribution in [2.24, 2.45) is 0 Å². The van der Waals surface area contributed by atoms with Crippen LogP contribution >= 0.6 is 39.2 Å². The molecule has 0 spiro atoms. The quantitative estimate of drug-likeness (QED) is 0.475. The first-order valence-corrected chi connectivity index (χ1v) is 5.77. The second-order valence-corrected chi connectivity index (χ2v) is 8.07. The van der Waals surface area contributed by atoms with Gasteiger partial charge in [-0.2, -0.15) is 0 Å². The van der Waals surface area contributed by atoms with E-state index in [1.54, 1.807) is 0 Å². The van der Waals surface area contributed by atoms with E-state index < -0.39 is 5.47 Å². The molecule has 0 aliphatic rings. The van der Waals surface area contributed by atoms with E-state index in [1.165, 1.54) is 0 Å². The Balaban J connectivity index is 3.02. The molecule has 0 unspecified atom stereocenters. The van der Waals surface area contributed by atoms with Crippen molar-refractivity contribution in [3.8, 4) is 0 Å². The van der Waals surface area contributed by atoms with E-state index in [2.05, 4.69) is 0 Å². The monoisotopic (exact) mass is 151 g/mol. The van der Waals surface area contributed by atoms with Crippen LogP contribution in [-0.2, 0) is 0 Å². The molecule has 0 aromatic carbocycles. The van der Waals surface area contributed by atoms with Gasteiger partial charge in [-0.25, -0.2) is 0 Å². The minimum atomic E-state index is -3.19. The molecule has 0 amide bonds. The Labute approximate surface area is 45.1 Å². The van der Waals surface area contributed by atoms with Crippen LogP contribution in [0, 0.1) is 0 Å². The molecule has 0 heterocycles. The van der Waals surface area contributed by atoms with Gasteiger partial charge in [-0.3, -0.25) is 0 Å². The van der Waals surface area contributed by atoms with Gasteiger partial charge in [-0.05, 0) is 0 Å². The van der Waals surface area contributed by atoms with Crippen molar-refractivity contribution in [1.29, 1.82) is 0 Å². The van der Waals surface area contributed by atoms with E-state index in [9.17, 15) is 0 Å². The standard InChI is InChI=1S/Cl3HNP/c1-5(2,3)4/h5H. The number of rotatable bonds is 0. The van der Waals surface area contributed by atoms with Crippen LogP contribution in [-0.4, -0.2) is 0 Å². The molecule has 5 heavy (non-hydrogen) atoms. The first-order valence-electron chi connectivity index (χ1n) is 0.791. The maximum atomic E-state index is 7.96. The summed E-state index contributed by atoms with van der Waals surface area (Å²) in [6.07, 6.45) is 0. The zero-order valence-corrected chi connectivity index (χ0v) is 5.35. The summed E-state index contributed by atoms with van der Waals surface area (Å²) < 4.78 is 0. The molecule has 0 aromatic heterocycles. The summed E-state index contributed by atoms with van der Waals surface area (Å²) in [5.41, 5.74) is 4.76. The van der Waals surface area contributed by atoms with E-state index in [-0.39, 0.29) is 0 Å². The molecule has 0 bridgehead atoms. The average molecular weight is 152 g/mol. The number of halogens is 3. The van der Waals surface area contributed by atoms with Crippen LogP contribution in [0.5, 0.6) is 0 Å². The Morgan fingerprint density at radius 2 is 1.20 bits per heavy atom. The van der Waals surface area contributed by atoms with Crippen molar-refractivity contribution < 1.29 is 0 Å². The van der Waals surface area contributed by atoms with Crippen LogP contribution in [0.4, 0.5) is 0 Å². The van der Waals surface area contributed by atoms with Crippen LogP contribution in [0.2, 0.25) is 0 Å². The molecular formula is HCl3NP. The Morgan fingerprint density at radius 1 is 1.20 bits per heavy atom. The fraction of sp³-hybridized carbons (Fsp3) is 0. The van der Waals surface area contributed by atoms with Crippen LogP contribution in [0.25, 0.3) is 0 Å². The predicted octanol–water partition coefficient (Wildman–Crippen LogP) is 2.18. The number of nitrogens with zero attached hydrogens (tertiary/aromatic N) is 1. The Hall–Kier alpha value is 1.26. The molecule has 0 rings (SSSR count). The summed E-state index contributed by atoms with van der Waals surface area (Å²) in [5.74, 6) is 0. The van der Waals surface area contributed by atoms with E-state index in [1.807, 2.05) is 0 Å². The Bertz CT molecular complexity index is 22.4. The van der Waals surface area contributed by atoms with Gasteiger partial charge in [0.1, 0.15) is 0 Å². The zero-order chi connectivity index (χ0) is 4.50. The SMILES string of the molecule is [N][PH](Cl)(Cl)Cl. The van der Waals surface area contributed by atoms with Crippen molar-refractivity contribution in [2.45, 2.75) is 0 Å². The van der Waals surface area contributed by atoms with Gasteiger partial charge in [-0.1, -0.05) is 0 Å². The first kappa shape index (κ1) is 6.26. The molecule has 2 radical (unpaired) electrons. The molecule has 0 atom stereocenters. The van der Waals surface area contributed by atoms with E-state index in [0.717, 1.165) is 0 Å². The molecule has 5 heteroatoms. The summed E-state index contributed by atoms with van der Waals surface area (Å²) in [6, 6.07) is 0. The van der Waals surface area contributed by atoms with Gasteiger partial charge in [0.25, 0.3) is 0 Å². The molecule has 0 aliphatic carbocycles. The van der Waals surface area contributed by atoms with Gasteiger partial charge in [0, 0.05) is 0 Å². The first-order chi connectivity index (χ1) is 2.00. The van der Waals surface area contributed by atoms with E-state index in [0.29, 0.717) is 0 Å². The summed E-state index contributed by atoms with van der Waals surface area (Å²) >= 11 is 14.3. The van der Waals surface area contributed by atoms with Crippen LogP contribution in [0.1, 0.15) is 0 Å². The molecule has 1 nitrogen and oxygen atoms in total. The molecule has 32 valence electrons. The summed E-state index contributed by atoms with van der Waals surface area (Å²) in [5, 5.41) is 0. The van der Waals surface area contributed by atoms with Crippen molar-refractivity contribution in [3.05, 3.63) is 0 Å². The van der Waals surface area contributed by atoms with Gasteiger partial charge in [-0.15, -0.1) is 0 Å². The molecule has 0 saturated carbocycles. The summed E-state index contributed by atoms with van der Waals surface area (Å²) in [7, 11) is 0. The molecular weight excluding hydrogens is 151 g/mol. The normalized spacial score (nSPS) is 15.2. The molecule has 0 aliphatic heterocycles. The third-order valence-electron chi connectivity index (χ3n) is 0. The minimum absolute atomic E-state index is 3.19. The summed E-state index contributed by atoms with van der Waals surface area (Å²) in [4.78, 5) is 0. The van der Waals surface area contributed by atoms with Crippen LogP contribution < -0.4 is 5.50 Å². The van der Waals surface area contributed by atoms with E-state index >= 15 is 0 Å². The second-order valence-electron chi connectivity index (χ2n) is 0.468. The van der Waals surface area contributed by atoms with E-state index in [4.69, 9.17) is 39.2 Å². The Morgan fingerprint density at radius 3 is 1.20 bits per heavy atom. The second kappa shape index (κ2) is 1.81. The third-order valence-corrected chi connectivity index (χ3v) is 0. The molecule has 0 saturated heterocycles. The van der Waals surface area contributed by atoms with Crippen molar-refractivity contribution >= 4 is 39.2 Å².